The summed E-state index contributed by atoms with van der Waals surface area (Å²) in [6.07, 6.45) is 4.61. The van der Waals surface area contributed by atoms with E-state index in [2.05, 4.69) is 15.0 Å². The molecule has 1 aromatic rings. The van der Waals surface area contributed by atoms with E-state index in [1.54, 1.807) is 13.2 Å². The fraction of sp³-hybridized carbons (Fsp3) is 0.692. The van der Waals surface area contributed by atoms with Gasteiger partial charge in [0.2, 0.25) is 10.0 Å². The van der Waals surface area contributed by atoms with Gasteiger partial charge in [-0.3, -0.25) is 0 Å². The highest BCUT2D eigenvalue weighted by Gasteiger charge is 2.22. The molecule has 0 spiro atoms. The third-order valence-corrected chi connectivity index (χ3v) is 4.87. The summed E-state index contributed by atoms with van der Waals surface area (Å²) in [5.41, 5.74) is 0.891. The highest BCUT2D eigenvalue weighted by atomic mass is 32.2. The van der Waals surface area contributed by atoms with Crippen molar-refractivity contribution in [2.24, 2.45) is 0 Å². The number of methoxy groups -OCH3 is 1. The first kappa shape index (κ1) is 15.5. The molecule has 1 aliphatic carbocycles. The van der Waals surface area contributed by atoms with Gasteiger partial charge in [0.1, 0.15) is 0 Å². The summed E-state index contributed by atoms with van der Waals surface area (Å²) in [7, 11) is -1.85. The summed E-state index contributed by atoms with van der Waals surface area (Å²) < 4.78 is 32.0. The van der Waals surface area contributed by atoms with E-state index in [1.807, 2.05) is 6.92 Å². The van der Waals surface area contributed by atoms with Crippen molar-refractivity contribution in [2.75, 3.05) is 13.7 Å². The van der Waals surface area contributed by atoms with Crippen molar-refractivity contribution in [1.29, 1.82) is 0 Å². The molecule has 1 unspecified atom stereocenters. The largest absolute Gasteiger partial charge is 0.385 e. The Kier molecular flexibility index (Phi) is 5.20. The molecule has 3 N–H and O–H groups in total. The molecule has 6 nitrogen and oxygen atoms in total. The molecule has 114 valence electrons. The van der Waals surface area contributed by atoms with E-state index >= 15 is 0 Å². The van der Waals surface area contributed by atoms with Crippen LogP contribution in [-0.2, 0) is 21.3 Å². The fourth-order valence-electron chi connectivity index (χ4n) is 1.90. The smallest absolute Gasteiger partial charge is 0.242 e. The topological polar surface area (TPSA) is 83.2 Å². The number of rotatable bonds is 9. The zero-order valence-electron chi connectivity index (χ0n) is 12.0. The van der Waals surface area contributed by atoms with Crippen LogP contribution < -0.4 is 10.0 Å². The number of hydrogen-bond acceptors (Lipinski definition) is 4. The van der Waals surface area contributed by atoms with Gasteiger partial charge >= 0.3 is 0 Å². The summed E-state index contributed by atoms with van der Waals surface area (Å²) in [5.74, 6) is 0. The van der Waals surface area contributed by atoms with Gasteiger partial charge < -0.3 is 15.0 Å². The first-order valence-electron chi connectivity index (χ1n) is 6.93. The van der Waals surface area contributed by atoms with Gasteiger partial charge in [0.25, 0.3) is 0 Å². The number of aromatic amines is 1. The molecule has 0 aromatic carbocycles. The maximum Gasteiger partial charge on any atom is 0.242 e. The van der Waals surface area contributed by atoms with Crippen molar-refractivity contribution >= 4 is 10.0 Å². The van der Waals surface area contributed by atoms with Crippen LogP contribution in [0, 0.1) is 0 Å². The van der Waals surface area contributed by atoms with Gasteiger partial charge in [-0.2, -0.15) is 0 Å². The van der Waals surface area contributed by atoms with Crippen LogP contribution in [0.1, 0.15) is 31.9 Å². The van der Waals surface area contributed by atoms with Gasteiger partial charge in [0.15, 0.2) is 0 Å². The van der Waals surface area contributed by atoms with E-state index < -0.39 is 10.0 Å². The zero-order chi connectivity index (χ0) is 14.6. The van der Waals surface area contributed by atoms with Crippen molar-refractivity contribution in [3.05, 3.63) is 18.0 Å². The van der Waals surface area contributed by atoms with E-state index in [1.165, 1.54) is 19.0 Å². The van der Waals surface area contributed by atoms with Gasteiger partial charge in [0.05, 0.1) is 4.90 Å². The maximum atomic E-state index is 12.2. The lowest BCUT2D eigenvalue weighted by Gasteiger charge is -2.12. The Morgan fingerprint density at radius 3 is 2.90 bits per heavy atom. The standard InChI is InChI=1S/C13H23N3O3S/c1-10(5-6-19-2)16-20(17,18)13-7-12(15-9-13)8-14-11-3-4-11/h7,9-11,14-16H,3-6,8H2,1-2H3. The first-order valence-corrected chi connectivity index (χ1v) is 8.41. The molecule has 1 aromatic heterocycles. The van der Waals surface area contributed by atoms with Crippen LogP contribution in [0.3, 0.4) is 0 Å². The number of nitrogens with one attached hydrogen (secondary N) is 3. The van der Waals surface area contributed by atoms with Crippen LogP contribution in [0.25, 0.3) is 0 Å². The van der Waals surface area contributed by atoms with Crippen LogP contribution in [0.5, 0.6) is 0 Å². The molecule has 7 heteroatoms. The number of sulfonamides is 1. The Bertz CT molecular complexity index is 523. The summed E-state index contributed by atoms with van der Waals surface area (Å²) >= 11 is 0. The van der Waals surface area contributed by atoms with Crippen LogP contribution >= 0.6 is 0 Å². The summed E-state index contributed by atoms with van der Waals surface area (Å²) in [4.78, 5) is 3.29. The maximum absolute atomic E-state index is 12.2. The fourth-order valence-corrected chi connectivity index (χ4v) is 3.20. The molecule has 1 aliphatic rings. The molecule has 0 amide bonds. The van der Waals surface area contributed by atoms with Crippen LogP contribution in [0.2, 0.25) is 0 Å². The molecule has 0 bridgehead atoms. The van der Waals surface area contributed by atoms with Gasteiger partial charge in [-0.1, -0.05) is 0 Å². The average molecular weight is 301 g/mol. The minimum Gasteiger partial charge on any atom is -0.385 e. The molecule has 20 heavy (non-hydrogen) atoms. The molecule has 1 saturated carbocycles. The Hall–Kier alpha value is -0.890. The highest BCUT2D eigenvalue weighted by molar-refractivity contribution is 7.89. The van der Waals surface area contributed by atoms with Crippen LogP contribution in [-0.4, -0.2) is 39.2 Å². The predicted octanol–water partition coefficient (Wildman–Crippen LogP) is 0.970. The third kappa shape index (κ3) is 4.59. The summed E-state index contributed by atoms with van der Waals surface area (Å²) in [6, 6.07) is 2.13. The lowest BCUT2D eigenvalue weighted by Crippen LogP contribution is -2.33. The number of hydrogen-bond donors (Lipinski definition) is 3. The molecule has 0 saturated heterocycles. The van der Waals surface area contributed by atoms with Gasteiger partial charge in [-0.15, -0.1) is 0 Å². The van der Waals surface area contributed by atoms with Crippen LogP contribution in [0.4, 0.5) is 0 Å². The van der Waals surface area contributed by atoms with Gasteiger partial charge in [-0.25, -0.2) is 13.1 Å². The Labute approximate surface area is 120 Å². The molecule has 2 rings (SSSR count). The number of ether oxygens (including phenoxy) is 1. The monoisotopic (exact) mass is 301 g/mol. The quantitative estimate of drug-likeness (QED) is 0.634. The Balaban J connectivity index is 1.90. The van der Waals surface area contributed by atoms with Crippen LogP contribution in [0.15, 0.2) is 17.2 Å². The van der Waals surface area contributed by atoms with Crippen molar-refractivity contribution in [3.63, 3.8) is 0 Å². The normalized spacial score (nSPS) is 17.3. The molecule has 1 fully saturated rings. The minimum absolute atomic E-state index is 0.150. The molecule has 1 atom stereocenters. The van der Waals surface area contributed by atoms with Crippen molar-refractivity contribution in [2.45, 2.75) is 49.7 Å². The second-order valence-corrected chi connectivity index (χ2v) is 7.03. The molecule has 1 heterocycles. The lowest BCUT2D eigenvalue weighted by molar-refractivity contribution is 0.188. The van der Waals surface area contributed by atoms with E-state index in [9.17, 15) is 8.42 Å². The van der Waals surface area contributed by atoms with E-state index in [-0.39, 0.29) is 10.9 Å². The van der Waals surface area contributed by atoms with Gasteiger partial charge in [0, 0.05) is 44.2 Å². The van der Waals surface area contributed by atoms with Gasteiger partial charge in [-0.05, 0) is 32.3 Å². The zero-order valence-corrected chi connectivity index (χ0v) is 12.8. The van der Waals surface area contributed by atoms with Crippen molar-refractivity contribution < 1.29 is 13.2 Å². The van der Waals surface area contributed by atoms with Crippen molar-refractivity contribution in [1.82, 2.24) is 15.0 Å². The third-order valence-electron chi connectivity index (χ3n) is 3.30. The Morgan fingerprint density at radius 2 is 2.25 bits per heavy atom. The van der Waals surface area contributed by atoms with Crippen molar-refractivity contribution in [3.8, 4) is 0 Å². The SMILES string of the molecule is COCCC(C)NS(=O)(=O)c1c[nH]c(CNC2CC2)c1. The second kappa shape index (κ2) is 6.71. The molecule has 0 radical (unpaired) electrons. The molecular formula is C13H23N3O3S. The second-order valence-electron chi connectivity index (χ2n) is 5.32. The van der Waals surface area contributed by atoms with E-state index in [4.69, 9.17) is 4.74 Å². The first-order chi connectivity index (χ1) is 9.51. The lowest BCUT2D eigenvalue weighted by atomic mass is 10.3. The predicted molar refractivity (Wildman–Crippen MR) is 76.9 cm³/mol. The Morgan fingerprint density at radius 1 is 1.50 bits per heavy atom. The number of H-pyrrole nitrogens is 1. The highest BCUT2D eigenvalue weighted by Crippen LogP contribution is 2.19. The van der Waals surface area contributed by atoms with E-state index in [0.29, 0.717) is 25.6 Å². The van der Waals surface area contributed by atoms with E-state index in [0.717, 1.165) is 5.69 Å². The molecule has 0 aliphatic heterocycles. The summed E-state index contributed by atoms with van der Waals surface area (Å²) in [6.45, 7) is 3.05. The summed E-state index contributed by atoms with van der Waals surface area (Å²) in [5, 5.41) is 3.34. The average Bonchev–Trinajstić information content (AvgIpc) is 3.09. The minimum atomic E-state index is -3.46. The number of aromatic nitrogens is 1. The molecular weight excluding hydrogens is 278 g/mol.